The van der Waals surface area contributed by atoms with Crippen molar-refractivity contribution in [3.63, 3.8) is 0 Å². The summed E-state index contributed by atoms with van der Waals surface area (Å²) in [5, 5.41) is 15.3. The van der Waals surface area contributed by atoms with Gasteiger partial charge >= 0.3 is 0 Å². The summed E-state index contributed by atoms with van der Waals surface area (Å²) in [6.07, 6.45) is 0.782. The summed E-state index contributed by atoms with van der Waals surface area (Å²) in [5.74, 6) is -0.104. The highest BCUT2D eigenvalue weighted by Gasteiger charge is 2.31. The Morgan fingerprint density at radius 1 is 1.44 bits per heavy atom. The molecule has 1 aromatic rings. The minimum absolute atomic E-state index is 0.0301. The van der Waals surface area contributed by atoms with Crippen LogP contribution < -0.4 is 10.6 Å². The molecule has 2 atom stereocenters. The maximum atomic E-state index is 11.5. The van der Waals surface area contributed by atoms with E-state index in [0.29, 0.717) is 6.54 Å². The van der Waals surface area contributed by atoms with E-state index in [1.807, 2.05) is 30.3 Å². The number of amides is 1. The van der Waals surface area contributed by atoms with Crippen LogP contribution in [0.3, 0.4) is 0 Å². The molecule has 4 heteroatoms. The summed E-state index contributed by atoms with van der Waals surface area (Å²) in [5.41, 5.74) is 0.932. The van der Waals surface area contributed by atoms with Crippen molar-refractivity contribution in [1.82, 2.24) is 5.32 Å². The van der Waals surface area contributed by atoms with E-state index in [0.717, 1.165) is 12.1 Å². The van der Waals surface area contributed by atoms with Crippen molar-refractivity contribution in [2.75, 3.05) is 18.5 Å². The number of hydrogen-bond donors (Lipinski definition) is 3. The van der Waals surface area contributed by atoms with Gasteiger partial charge in [-0.05, 0) is 18.6 Å². The minimum atomic E-state index is -0.204. The highest BCUT2D eigenvalue weighted by atomic mass is 16.3. The normalized spacial score (nSPS) is 21.6. The average Bonchev–Trinajstić information content (AvgIpc) is 2.74. The van der Waals surface area contributed by atoms with Gasteiger partial charge < -0.3 is 15.7 Å². The lowest BCUT2D eigenvalue weighted by atomic mass is 9.98. The lowest BCUT2D eigenvalue weighted by molar-refractivity contribution is -0.123. The predicted molar refractivity (Wildman–Crippen MR) is 62.1 cm³/mol. The molecule has 1 aliphatic heterocycles. The van der Waals surface area contributed by atoms with Crippen LogP contribution in [0.25, 0.3) is 0 Å². The molecule has 3 N–H and O–H groups in total. The van der Waals surface area contributed by atoms with Crippen LogP contribution in [0.5, 0.6) is 0 Å². The van der Waals surface area contributed by atoms with Gasteiger partial charge in [-0.2, -0.15) is 0 Å². The van der Waals surface area contributed by atoms with E-state index in [2.05, 4.69) is 10.6 Å². The number of nitrogens with one attached hydrogen (secondary N) is 2. The Hall–Kier alpha value is -1.55. The Kier molecular flexibility index (Phi) is 3.41. The number of para-hydroxylation sites is 1. The number of aliphatic hydroxyl groups excluding tert-OH is 1. The van der Waals surface area contributed by atoms with Gasteiger partial charge in [-0.3, -0.25) is 4.79 Å². The number of hydrogen-bond acceptors (Lipinski definition) is 3. The Balaban J connectivity index is 2.03. The van der Waals surface area contributed by atoms with Crippen LogP contribution in [0.15, 0.2) is 30.3 Å². The first-order valence-electron chi connectivity index (χ1n) is 5.51. The molecule has 86 valence electrons. The number of aliphatic hydroxyl groups is 1. The van der Waals surface area contributed by atoms with Crippen LogP contribution in [-0.2, 0) is 4.79 Å². The quantitative estimate of drug-likeness (QED) is 0.696. The first-order chi connectivity index (χ1) is 7.81. The van der Waals surface area contributed by atoms with E-state index in [4.69, 9.17) is 0 Å². The molecular weight excluding hydrogens is 204 g/mol. The average molecular weight is 220 g/mol. The maximum absolute atomic E-state index is 11.5. The second-order valence-electron chi connectivity index (χ2n) is 3.99. The first-order valence-corrected chi connectivity index (χ1v) is 5.51. The summed E-state index contributed by atoms with van der Waals surface area (Å²) < 4.78 is 0. The van der Waals surface area contributed by atoms with Crippen LogP contribution >= 0.6 is 0 Å². The van der Waals surface area contributed by atoms with Crippen molar-refractivity contribution < 1.29 is 9.90 Å². The summed E-state index contributed by atoms with van der Waals surface area (Å²) >= 11 is 0. The maximum Gasteiger partial charge on any atom is 0.225 e. The van der Waals surface area contributed by atoms with Crippen LogP contribution in [0.2, 0.25) is 0 Å². The second kappa shape index (κ2) is 4.99. The molecule has 1 unspecified atom stereocenters. The molecule has 1 aliphatic rings. The van der Waals surface area contributed by atoms with E-state index in [1.165, 1.54) is 0 Å². The molecule has 0 bridgehead atoms. The largest absolute Gasteiger partial charge is 0.394 e. The molecule has 1 fully saturated rings. The fourth-order valence-electron chi connectivity index (χ4n) is 2.02. The molecule has 16 heavy (non-hydrogen) atoms. The van der Waals surface area contributed by atoms with Crippen molar-refractivity contribution in [3.05, 3.63) is 30.3 Å². The fraction of sp³-hybridized carbons (Fsp3) is 0.417. The van der Waals surface area contributed by atoms with Crippen LogP contribution in [-0.4, -0.2) is 30.2 Å². The van der Waals surface area contributed by atoms with Gasteiger partial charge in [-0.25, -0.2) is 0 Å². The molecule has 2 rings (SSSR count). The lowest BCUT2D eigenvalue weighted by Gasteiger charge is -2.21. The Morgan fingerprint density at radius 2 is 2.19 bits per heavy atom. The van der Waals surface area contributed by atoms with E-state index >= 15 is 0 Å². The number of carbonyl (C=O) groups is 1. The van der Waals surface area contributed by atoms with Crippen LogP contribution in [0.4, 0.5) is 5.69 Å². The van der Waals surface area contributed by atoms with Gasteiger partial charge in [-0.1, -0.05) is 18.2 Å². The molecule has 0 spiro atoms. The summed E-state index contributed by atoms with van der Waals surface area (Å²) in [4.78, 5) is 11.5. The lowest BCUT2D eigenvalue weighted by Crippen LogP contribution is -2.37. The predicted octanol–water partition coefficient (Wildman–Crippen LogP) is 0.595. The van der Waals surface area contributed by atoms with E-state index in [-0.39, 0.29) is 24.5 Å². The number of carbonyl (C=O) groups excluding carboxylic acids is 1. The molecule has 1 amide bonds. The minimum Gasteiger partial charge on any atom is -0.394 e. The molecule has 0 radical (unpaired) electrons. The summed E-state index contributed by atoms with van der Waals surface area (Å²) in [7, 11) is 0. The SMILES string of the molecule is O=C1NCC[C@@H]1C(CO)Nc1ccccc1. The van der Waals surface area contributed by atoms with Gasteiger partial charge in [0.2, 0.25) is 5.91 Å². The van der Waals surface area contributed by atoms with E-state index < -0.39 is 0 Å². The zero-order valence-electron chi connectivity index (χ0n) is 9.02. The molecule has 0 aromatic heterocycles. The van der Waals surface area contributed by atoms with Gasteiger partial charge in [0.1, 0.15) is 0 Å². The molecule has 0 aliphatic carbocycles. The van der Waals surface area contributed by atoms with Crippen LogP contribution in [0.1, 0.15) is 6.42 Å². The topological polar surface area (TPSA) is 61.4 Å². The third kappa shape index (κ3) is 2.33. The van der Waals surface area contributed by atoms with E-state index in [1.54, 1.807) is 0 Å². The Bertz CT molecular complexity index is 353. The van der Waals surface area contributed by atoms with Gasteiger partial charge in [0.25, 0.3) is 0 Å². The van der Waals surface area contributed by atoms with E-state index in [9.17, 15) is 9.90 Å². The van der Waals surface area contributed by atoms with Gasteiger partial charge in [0, 0.05) is 12.2 Å². The summed E-state index contributed by atoms with van der Waals surface area (Å²) in [6.45, 7) is 0.670. The van der Waals surface area contributed by atoms with Crippen molar-refractivity contribution in [3.8, 4) is 0 Å². The number of benzene rings is 1. The van der Waals surface area contributed by atoms with Gasteiger partial charge in [-0.15, -0.1) is 0 Å². The fourth-order valence-corrected chi connectivity index (χ4v) is 2.02. The molecule has 0 saturated carbocycles. The third-order valence-corrected chi connectivity index (χ3v) is 2.90. The third-order valence-electron chi connectivity index (χ3n) is 2.90. The molecule has 1 heterocycles. The zero-order valence-corrected chi connectivity index (χ0v) is 9.02. The number of rotatable bonds is 4. The standard InChI is InChI=1S/C12H16N2O2/c15-8-11(10-6-7-13-12(10)16)14-9-4-2-1-3-5-9/h1-5,10-11,14-15H,6-8H2,(H,13,16)/t10-,11?/m1/s1. The van der Waals surface area contributed by atoms with Crippen molar-refractivity contribution in [2.24, 2.45) is 5.92 Å². The van der Waals surface area contributed by atoms with Crippen molar-refractivity contribution in [1.29, 1.82) is 0 Å². The number of anilines is 1. The molecule has 4 nitrogen and oxygen atoms in total. The highest BCUT2D eigenvalue weighted by molar-refractivity contribution is 5.81. The summed E-state index contributed by atoms with van der Waals surface area (Å²) in [6, 6.07) is 9.42. The first kappa shape index (κ1) is 11.0. The smallest absolute Gasteiger partial charge is 0.225 e. The van der Waals surface area contributed by atoms with Crippen molar-refractivity contribution >= 4 is 11.6 Å². The second-order valence-corrected chi connectivity index (χ2v) is 3.99. The Labute approximate surface area is 94.7 Å². The molecule has 1 aromatic carbocycles. The van der Waals surface area contributed by atoms with Crippen molar-refractivity contribution in [2.45, 2.75) is 12.5 Å². The Morgan fingerprint density at radius 3 is 2.75 bits per heavy atom. The molecule has 1 saturated heterocycles. The zero-order chi connectivity index (χ0) is 11.4. The molecular formula is C12H16N2O2. The van der Waals surface area contributed by atoms with Gasteiger partial charge in [0.15, 0.2) is 0 Å². The van der Waals surface area contributed by atoms with Crippen LogP contribution in [0, 0.1) is 5.92 Å². The monoisotopic (exact) mass is 220 g/mol. The highest BCUT2D eigenvalue weighted by Crippen LogP contribution is 2.18. The van der Waals surface area contributed by atoms with Gasteiger partial charge in [0.05, 0.1) is 18.6 Å².